The molecule has 1 aromatic heterocycles. The average Bonchev–Trinajstić information content (AvgIpc) is 3.50. The van der Waals surface area contributed by atoms with Gasteiger partial charge >= 0.3 is 5.97 Å². The molecule has 1 saturated carbocycles. The van der Waals surface area contributed by atoms with Gasteiger partial charge in [-0.05, 0) is 50.8 Å². The van der Waals surface area contributed by atoms with Crippen molar-refractivity contribution in [3.63, 3.8) is 0 Å². The van der Waals surface area contributed by atoms with E-state index in [0.717, 1.165) is 30.8 Å². The van der Waals surface area contributed by atoms with Crippen molar-refractivity contribution in [2.45, 2.75) is 51.7 Å². The van der Waals surface area contributed by atoms with Crippen LogP contribution < -0.4 is 0 Å². The van der Waals surface area contributed by atoms with Crippen molar-refractivity contribution in [1.82, 2.24) is 9.80 Å². The lowest BCUT2D eigenvalue weighted by Crippen LogP contribution is -2.48. The molecule has 1 aromatic carbocycles. The molecular formula is C23H30N2O4. The summed E-state index contributed by atoms with van der Waals surface area (Å²) in [5, 5.41) is 0. The Balaban J connectivity index is 1.70. The van der Waals surface area contributed by atoms with Crippen LogP contribution in [0.15, 0.2) is 46.9 Å². The van der Waals surface area contributed by atoms with E-state index in [9.17, 15) is 9.59 Å². The number of hydrogen-bond donors (Lipinski definition) is 0. The van der Waals surface area contributed by atoms with Crippen LogP contribution in [-0.4, -0.2) is 54.0 Å². The first-order valence-corrected chi connectivity index (χ1v) is 10.2. The summed E-state index contributed by atoms with van der Waals surface area (Å²) in [7, 11) is 1.39. The largest absolute Gasteiger partial charge is 0.468 e. The van der Waals surface area contributed by atoms with E-state index in [4.69, 9.17) is 9.15 Å². The van der Waals surface area contributed by atoms with Crippen LogP contribution in [0.25, 0.3) is 0 Å². The highest BCUT2D eigenvalue weighted by atomic mass is 16.5. The fourth-order valence-electron chi connectivity index (χ4n) is 3.51. The molecule has 0 unspecified atom stereocenters. The fourth-order valence-corrected chi connectivity index (χ4v) is 3.51. The van der Waals surface area contributed by atoms with Gasteiger partial charge in [0.25, 0.3) is 0 Å². The van der Waals surface area contributed by atoms with Crippen LogP contribution in [0.4, 0.5) is 0 Å². The molecule has 0 aliphatic heterocycles. The van der Waals surface area contributed by atoms with Crippen LogP contribution in [0.2, 0.25) is 0 Å². The zero-order valence-electron chi connectivity index (χ0n) is 17.5. The highest BCUT2D eigenvalue weighted by molar-refractivity contribution is 5.80. The molecule has 1 heterocycles. The van der Waals surface area contributed by atoms with Crippen molar-refractivity contribution in [2.75, 3.05) is 20.2 Å². The first-order chi connectivity index (χ1) is 14.0. The van der Waals surface area contributed by atoms with Crippen molar-refractivity contribution in [3.05, 3.63) is 59.5 Å². The number of rotatable bonds is 10. The number of esters is 1. The number of benzene rings is 1. The molecule has 1 aliphatic carbocycles. The molecule has 2 aromatic rings. The molecule has 1 atom stereocenters. The summed E-state index contributed by atoms with van der Waals surface area (Å²) < 4.78 is 10.6. The van der Waals surface area contributed by atoms with E-state index in [-0.39, 0.29) is 24.5 Å². The molecular weight excluding hydrogens is 368 g/mol. The topological polar surface area (TPSA) is 63.0 Å². The number of amides is 1. The normalized spacial score (nSPS) is 14.6. The minimum absolute atomic E-state index is 0.00219. The van der Waals surface area contributed by atoms with Crippen LogP contribution in [0.1, 0.15) is 36.8 Å². The minimum Gasteiger partial charge on any atom is -0.468 e. The van der Waals surface area contributed by atoms with Crippen LogP contribution in [0.3, 0.4) is 0 Å². The minimum atomic E-state index is -0.432. The maximum atomic E-state index is 13.2. The van der Waals surface area contributed by atoms with Gasteiger partial charge in [-0.25, -0.2) is 0 Å². The van der Waals surface area contributed by atoms with E-state index in [1.807, 2.05) is 54.0 Å². The molecule has 29 heavy (non-hydrogen) atoms. The van der Waals surface area contributed by atoms with Gasteiger partial charge in [-0.2, -0.15) is 0 Å². The molecule has 1 aliphatic rings. The van der Waals surface area contributed by atoms with Crippen LogP contribution in [0, 0.1) is 6.92 Å². The SMILES string of the molecule is COC(=O)[C@H](C)N(CC(=O)N(CCc1ccccc1)Cc1ccc(C)o1)C1CC1. The second kappa shape index (κ2) is 9.74. The third-order valence-electron chi connectivity index (χ3n) is 5.38. The summed E-state index contributed by atoms with van der Waals surface area (Å²) in [5.74, 6) is 1.29. The number of methoxy groups -OCH3 is 1. The molecule has 3 rings (SSSR count). The van der Waals surface area contributed by atoms with E-state index in [0.29, 0.717) is 13.1 Å². The highest BCUT2D eigenvalue weighted by Gasteiger charge is 2.37. The van der Waals surface area contributed by atoms with Gasteiger partial charge in [0.1, 0.15) is 17.6 Å². The number of carbonyl (C=O) groups excluding carboxylic acids is 2. The quantitative estimate of drug-likeness (QED) is 0.575. The number of ether oxygens (including phenoxy) is 1. The van der Waals surface area contributed by atoms with Gasteiger partial charge in [0.05, 0.1) is 20.2 Å². The van der Waals surface area contributed by atoms with E-state index in [1.54, 1.807) is 0 Å². The Hall–Kier alpha value is -2.60. The zero-order valence-corrected chi connectivity index (χ0v) is 17.5. The average molecular weight is 399 g/mol. The summed E-state index contributed by atoms with van der Waals surface area (Å²) in [6, 6.07) is 13.8. The van der Waals surface area contributed by atoms with E-state index in [1.165, 1.54) is 12.7 Å². The number of carbonyl (C=O) groups is 2. The van der Waals surface area contributed by atoms with Gasteiger partial charge in [0.15, 0.2) is 0 Å². The van der Waals surface area contributed by atoms with Crippen molar-refractivity contribution in [3.8, 4) is 0 Å². The molecule has 6 heteroatoms. The number of nitrogens with zero attached hydrogens (tertiary/aromatic N) is 2. The van der Waals surface area contributed by atoms with Gasteiger partial charge in [-0.15, -0.1) is 0 Å². The Morgan fingerprint density at radius 2 is 1.90 bits per heavy atom. The van der Waals surface area contributed by atoms with Crippen LogP contribution in [-0.2, 0) is 27.3 Å². The summed E-state index contributed by atoms with van der Waals surface area (Å²) in [6.07, 6.45) is 2.79. The van der Waals surface area contributed by atoms with Crippen LogP contribution >= 0.6 is 0 Å². The predicted octanol–water partition coefficient (Wildman–Crippen LogP) is 3.19. The molecule has 0 saturated heterocycles. The van der Waals surface area contributed by atoms with Gasteiger partial charge in [0.2, 0.25) is 5.91 Å². The molecule has 156 valence electrons. The van der Waals surface area contributed by atoms with Gasteiger partial charge in [-0.1, -0.05) is 30.3 Å². The number of hydrogen-bond acceptors (Lipinski definition) is 5. The lowest BCUT2D eigenvalue weighted by Gasteiger charge is -2.30. The monoisotopic (exact) mass is 398 g/mol. The summed E-state index contributed by atoms with van der Waals surface area (Å²) in [4.78, 5) is 29.1. The smallest absolute Gasteiger partial charge is 0.322 e. The number of furan rings is 1. The van der Waals surface area contributed by atoms with Gasteiger partial charge < -0.3 is 14.1 Å². The standard InChI is InChI=1S/C23H30N2O4/c1-17-9-12-21(29-17)15-24(14-13-19-7-5-4-6-8-19)22(26)16-25(20-10-11-20)18(2)23(27)28-3/h4-9,12,18,20H,10-11,13-16H2,1-3H3/t18-/m0/s1. The van der Waals surface area contributed by atoms with E-state index < -0.39 is 6.04 Å². The molecule has 6 nitrogen and oxygen atoms in total. The lowest BCUT2D eigenvalue weighted by atomic mass is 10.1. The molecule has 1 fully saturated rings. The summed E-state index contributed by atoms with van der Waals surface area (Å²) in [6.45, 7) is 4.92. The third-order valence-corrected chi connectivity index (χ3v) is 5.38. The Kier molecular flexibility index (Phi) is 7.09. The molecule has 1 amide bonds. The van der Waals surface area contributed by atoms with Crippen molar-refractivity contribution in [2.24, 2.45) is 0 Å². The first-order valence-electron chi connectivity index (χ1n) is 10.2. The number of aryl methyl sites for hydroxylation is 1. The van der Waals surface area contributed by atoms with E-state index in [2.05, 4.69) is 12.1 Å². The third kappa shape index (κ3) is 5.94. The van der Waals surface area contributed by atoms with E-state index >= 15 is 0 Å². The van der Waals surface area contributed by atoms with Crippen molar-refractivity contribution in [1.29, 1.82) is 0 Å². The Morgan fingerprint density at radius 3 is 2.48 bits per heavy atom. The molecule has 0 radical (unpaired) electrons. The Bertz CT molecular complexity index is 813. The Morgan fingerprint density at radius 1 is 1.17 bits per heavy atom. The molecule has 0 N–H and O–H groups in total. The first kappa shape index (κ1) is 21.1. The summed E-state index contributed by atoms with van der Waals surface area (Å²) in [5.41, 5.74) is 1.18. The van der Waals surface area contributed by atoms with Crippen molar-refractivity contribution >= 4 is 11.9 Å². The van der Waals surface area contributed by atoms with Gasteiger partial charge in [-0.3, -0.25) is 14.5 Å². The second-order valence-electron chi connectivity index (χ2n) is 7.67. The lowest BCUT2D eigenvalue weighted by molar-refractivity contribution is -0.148. The van der Waals surface area contributed by atoms with Crippen LogP contribution in [0.5, 0.6) is 0 Å². The second-order valence-corrected chi connectivity index (χ2v) is 7.67. The molecule has 0 spiro atoms. The maximum Gasteiger partial charge on any atom is 0.322 e. The highest BCUT2D eigenvalue weighted by Crippen LogP contribution is 2.29. The molecule has 0 bridgehead atoms. The fraction of sp³-hybridized carbons (Fsp3) is 0.478. The Labute approximate surface area is 172 Å². The predicted molar refractivity (Wildman–Crippen MR) is 110 cm³/mol. The summed E-state index contributed by atoms with van der Waals surface area (Å²) >= 11 is 0. The zero-order chi connectivity index (χ0) is 20.8. The maximum absolute atomic E-state index is 13.2. The van der Waals surface area contributed by atoms with Crippen molar-refractivity contribution < 1.29 is 18.7 Å². The van der Waals surface area contributed by atoms with Gasteiger partial charge in [0, 0.05) is 12.6 Å².